The standard InChI is InChI=1S/C16H19NO2/c1-11(2)13-6-5-9-17-16(13)12-7-8-14(18-3)15(10-12)19-4/h5-11H,1-4H3. The van der Waals surface area contributed by atoms with Crippen molar-refractivity contribution in [3.8, 4) is 22.8 Å². The molecule has 0 saturated carbocycles. The molecule has 0 amide bonds. The summed E-state index contributed by atoms with van der Waals surface area (Å²) in [5.74, 6) is 1.88. The SMILES string of the molecule is COc1ccc(-c2ncccc2C(C)C)cc1OC. The number of hydrogen-bond acceptors (Lipinski definition) is 3. The molecule has 1 heterocycles. The Morgan fingerprint density at radius 2 is 1.74 bits per heavy atom. The lowest BCUT2D eigenvalue weighted by Crippen LogP contribution is -1.96. The molecule has 0 saturated heterocycles. The van der Waals surface area contributed by atoms with E-state index in [2.05, 4.69) is 24.9 Å². The van der Waals surface area contributed by atoms with Crippen molar-refractivity contribution in [1.29, 1.82) is 0 Å². The molecule has 1 aromatic heterocycles. The maximum atomic E-state index is 5.35. The van der Waals surface area contributed by atoms with Gasteiger partial charge in [-0.25, -0.2) is 0 Å². The van der Waals surface area contributed by atoms with Crippen LogP contribution in [0.25, 0.3) is 11.3 Å². The van der Waals surface area contributed by atoms with E-state index in [4.69, 9.17) is 9.47 Å². The Kier molecular flexibility index (Phi) is 4.05. The van der Waals surface area contributed by atoms with Gasteiger partial charge in [0, 0.05) is 11.8 Å². The summed E-state index contributed by atoms with van der Waals surface area (Å²) in [6, 6.07) is 9.97. The molecule has 0 aliphatic rings. The van der Waals surface area contributed by atoms with Crippen LogP contribution in [0.15, 0.2) is 36.5 Å². The topological polar surface area (TPSA) is 31.4 Å². The van der Waals surface area contributed by atoms with Crippen molar-refractivity contribution in [1.82, 2.24) is 4.98 Å². The van der Waals surface area contributed by atoms with Gasteiger partial charge in [0.2, 0.25) is 0 Å². The molecule has 0 fully saturated rings. The number of benzene rings is 1. The van der Waals surface area contributed by atoms with E-state index in [-0.39, 0.29) is 0 Å². The van der Waals surface area contributed by atoms with Crippen molar-refractivity contribution >= 4 is 0 Å². The summed E-state index contributed by atoms with van der Waals surface area (Å²) in [7, 11) is 3.28. The zero-order valence-electron chi connectivity index (χ0n) is 11.8. The third kappa shape index (κ3) is 2.70. The fourth-order valence-electron chi connectivity index (χ4n) is 2.11. The Morgan fingerprint density at radius 3 is 2.37 bits per heavy atom. The van der Waals surface area contributed by atoms with Gasteiger partial charge in [-0.2, -0.15) is 0 Å². The Labute approximate surface area is 114 Å². The van der Waals surface area contributed by atoms with Gasteiger partial charge in [0.25, 0.3) is 0 Å². The van der Waals surface area contributed by atoms with Gasteiger partial charge in [0.05, 0.1) is 19.9 Å². The average molecular weight is 257 g/mol. The summed E-state index contributed by atoms with van der Waals surface area (Å²) in [5.41, 5.74) is 3.27. The molecule has 0 spiro atoms. The molecule has 100 valence electrons. The Bertz CT molecular complexity index is 564. The van der Waals surface area contributed by atoms with Crippen molar-refractivity contribution in [2.45, 2.75) is 19.8 Å². The largest absolute Gasteiger partial charge is 0.493 e. The van der Waals surface area contributed by atoms with Crippen LogP contribution >= 0.6 is 0 Å². The highest BCUT2D eigenvalue weighted by atomic mass is 16.5. The highest BCUT2D eigenvalue weighted by Crippen LogP contribution is 2.34. The smallest absolute Gasteiger partial charge is 0.161 e. The zero-order chi connectivity index (χ0) is 13.8. The molecular formula is C16H19NO2. The lowest BCUT2D eigenvalue weighted by atomic mass is 9.97. The Balaban J connectivity index is 2.53. The summed E-state index contributed by atoms with van der Waals surface area (Å²) in [4.78, 5) is 4.50. The lowest BCUT2D eigenvalue weighted by molar-refractivity contribution is 0.355. The molecular weight excluding hydrogens is 238 g/mol. The molecule has 3 nitrogen and oxygen atoms in total. The van der Waals surface area contributed by atoms with E-state index < -0.39 is 0 Å². The van der Waals surface area contributed by atoms with Gasteiger partial charge in [-0.3, -0.25) is 4.98 Å². The van der Waals surface area contributed by atoms with Crippen LogP contribution in [-0.2, 0) is 0 Å². The molecule has 2 rings (SSSR count). The second-order valence-electron chi connectivity index (χ2n) is 4.67. The predicted molar refractivity (Wildman–Crippen MR) is 76.9 cm³/mol. The first-order valence-electron chi connectivity index (χ1n) is 6.34. The van der Waals surface area contributed by atoms with Crippen LogP contribution in [0.5, 0.6) is 11.5 Å². The van der Waals surface area contributed by atoms with E-state index in [1.54, 1.807) is 14.2 Å². The van der Waals surface area contributed by atoms with Crippen LogP contribution in [0.3, 0.4) is 0 Å². The molecule has 0 atom stereocenters. The Morgan fingerprint density at radius 1 is 1.00 bits per heavy atom. The molecule has 3 heteroatoms. The minimum atomic E-state index is 0.428. The highest BCUT2D eigenvalue weighted by molar-refractivity contribution is 5.67. The second-order valence-corrected chi connectivity index (χ2v) is 4.67. The van der Waals surface area contributed by atoms with Gasteiger partial charge >= 0.3 is 0 Å². The van der Waals surface area contributed by atoms with Crippen molar-refractivity contribution in [2.75, 3.05) is 14.2 Å². The molecule has 19 heavy (non-hydrogen) atoms. The van der Waals surface area contributed by atoms with Gasteiger partial charge in [-0.05, 0) is 35.7 Å². The summed E-state index contributed by atoms with van der Waals surface area (Å²) in [6.07, 6.45) is 1.82. The van der Waals surface area contributed by atoms with Crippen molar-refractivity contribution in [3.05, 3.63) is 42.1 Å². The fourth-order valence-corrected chi connectivity index (χ4v) is 2.11. The summed E-state index contributed by atoms with van der Waals surface area (Å²) in [6.45, 7) is 4.34. The summed E-state index contributed by atoms with van der Waals surface area (Å²) < 4.78 is 10.6. The van der Waals surface area contributed by atoms with Gasteiger partial charge in [-0.1, -0.05) is 19.9 Å². The predicted octanol–water partition coefficient (Wildman–Crippen LogP) is 3.89. The number of methoxy groups -OCH3 is 2. The molecule has 0 aliphatic carbocycles. The third-order valence-corrected chi connectivity index (χ3v) is 3.12. The van der Waals surface area contributed by atoms with Crippen LogP contribution in [0, 0.1) is 0 Å². The van der Waals surface area contributed by atoms with Gasteiger partial charge < -0.3 is 9.47 Å². The number of aromatic nitrogens is 1. The first kappa shape index (κ1) is 13.4. The molecule has 0 aliphatic heterocycles. The number of pyridine rings is 1. The molecule has 0 N–H and O–H groups in total. The first-order chi connectivity index (χ1) is 9.17. The normalized spacial score (nSPS) is 10.6. The van der Waals surface area contributed by atoms with E-state index in [0.717, 1.165) is 22.8 Å². The van der Waals surface area contributed by atoms with Gasteiger partial charge in [-0.15, -0.1) is 0 Å². The Hall–Kier alpha value is -2.03. The summed E-state index contributed by atoms with van der Waals surface area (Å²) in [5, 5.41) is 0. The molecule has 2 aromatic rings. The fraction of sp³-hybridized carbons (Fsp3) is 0.312. The first-order valence-corrected chi connectivity index (χ1v) is 6.34. The minimum Gasteiger partial charge on any atom is -0.493 e. The van der Waals surface area contributed by atoms with Crippen molar-refractivity contribution < 1.29 is 9.47 Å². The average Bonchev–Trinajstić information content (AvgIpc) is 2.46. The van der Waals surface area contributed by atoms with Crippen LogP contribution in [0.1, 0.15) is 25.3 Å². The van der Waals surface area contributed by atoms with E-state index in [0.29, 0.717) is 5.92 Å². The van der Waals surface area contributed by atoms with Crippen molar-refractivity contribution in [3.63, 3.8) is 0 Å². The van der Waals surface area contributed by atoms with Crippen LogP contribution in [-0.4, -0.2) is 19.2 Å². The lowest BCUT2D eigenvalue weighted by Gasteiger charge is -2.13. The van der Waals surface area contributed by atoms with E-state index in [1.165, 1.54) is 5.56 Å². The van der Waals surface area contributed by atoms with Gasteiger partial charge in [0.15, 0.2) is 11.5 Å². The molecule has 0 unspecified atom stereocenters. The number of rotatable bonds is 4. The quantitative estimate of drug-likeness (QED) is 0.832. The van der Waals surface area contributed by atoms with Crippen LogP contribution in [0.4, 0.5) is 0 Å². The van der Waals surface area contributed by atoms with E-state index >= 15 is 0 Å². The van der Waals surface area contributed by atoms with E-state index in [9.17, 15) is 0 Å². The van der Waals surface area contributed by atoms with Crippen molar-refractivity contribution in [2.24, 2.45) is 0 Å². The molecule has 0 radical (unpaired) electrons. The maximum Gasteiger partial charge on any atom is 0.161 e. The monoisotopic (exact) mass is 257 g/mol. The van der Waals surface area contributed by atoms with Crippen LogP contribution in [0.2, 0.25) is 0 Å². The minimum absolute atomic E-state index is 0.428. The van der Waals surface area contributed by atoms with E-state index in [1.807, 2.05) is 30.5 Å². The highest BCUT2D eigenvalue weighted by Gasteiger charge is 2.12. The van der Waals surface area contributed by atoms with Crippen LogP contribution < -0.4 is 9.47 Å². The zero-order valence-corrected chi connectivity index (χ0v) is 11.8. The molecule has 0 bridgehead atoms. The maximum absolute atomic E-state index is 5.35. The third-order valence-electron chi connectivity index (χ3n) is 3.12. The summed E-state index contributed by atoms with van der Waals surface area (Å²) >= 11 is 0. The number of hydrogen-bond donors (Lipinski definition) is 0. The number of nitrogens with zero attached hydrogens (tertiary/aromatic N) is 1. The number of ether oxygens (including phenoxy) is 2. The molecule has 1 aromatic carbocycles. The van der Waals surface area contributed by atoms with Gasteiger partial charge in [0.1, 0.15) is 0 Å². The second kappa shape index (κ2) is 5.74.